The minimum atomic E-state index is -0.941. The molecular formula is C14H19N5O2. The van der Waals surface area contributed by atoms with Crippen molar-refractivity contribution in [3.05, 3.63) is 35.5 Å². The first-order chi connectivity index (χ1) is 10.1. The minimum absolute atomic E-state index is 0.256. The molecule has 2 aromatic heterocycles. The molecule has 0 aliphatic heterocycles. The highest BCUT2D eigenvalue weighted by Gasteiger charge is 2.08. The normalized spacial score (nSPS) is 10.6. The molecule has 0 saturated carbocycles. The van der Waals surface area contributed by atoms with Gasteiger partial charge in [0.25, 0.3) is 0 Å². The maximum absolute atomic E-state index is 11.1. The van der Waals surface area contributed by atoms with E-state index in [1.807, 2.05) is 14.0 Å². The van der Waals surface area contributed by atoms with Gasteiger partial charge in [0.15, 0.2) is 5.82 Å². The maximum Gasteiger partial charge on any atom is 0.335 e. The summed E-state index contributed by atoms with van der Waals surface area (Å²) in [6.07, 6.45) is 3.99. The molecule has 0 amide bonds. The highest BCUT2D eigenvalue weighted by Crippen LogP contribution is 2.12. The monoisotopic (exact) mass is 289 g/mol. The van der Waals surface area contributed by atoms with Gasteiger partial charge < -0.3 is 10.4 Å². The molecule has 7 nitrogen and oxygen atoms in total. The molecule has 0 aromatic carbocycles. The van der Waals surface area contributed by atoms with E-state index in [0.717, 1.165) is 24.4 Å². The van der Waals surface area contributed by atoms with Gasteiger partial charge >= 0.3 is 5.97 Å². The standard InChI is InChI=1S/C14H19N5O2/c1-3-4-11-7-10(14(20)21)8-13(17-11)15-6-5-12-16-9-19(2)18-12/h7-9H,3-6H2,1-2H3,(H,15,17)(H,20,21). The van der Waals surface area contributed by atoms with Crippen LogP contribution in [-0.4, -0.2) is 37.4 Å². The molecule has 0 unspecified atom stereocenters. The van der Waals surface area contributed by atoms with Crippen molar-refractivity contribution >= 4 is 11.8 Å². The van der Waals surface area contributed by atoms with E-state index in [0.29, 0.717) is 18.8 Å². The second-order valence-corrected chi connectivity index (χ2v) is 4.80. The van der Waals surface area contributed by atoms with E-state index in [9.17, 15) is 4.79 Å². The predicted molar refractivity (Wildman–Crippen MR) is 78.4 cm³/mol. The number of carboxylic acid groups (broad SMARTS) is 1. The summed E-state index contributed by atoms with van der Waals surface area (Å²) >= 11 is 0. The van der Waals surface area contributed by atoms with E-state index >= 15 is 0 Å². The lowest BCUT2D eigenvalue weighted by Gasteiger charge is -2.08. The van der Waals surface area contributed by atoms with Crippen LogP contribution < -0.4 is 5.32 Å². The summed E-state index contributed by atoms with van der Waals surface area (Å²) in [5, 5.41) is 16.4. The van der Waals surface area contributed by atoms with Crippen molar-refractivity contribution in [3.8, 4) is 0 Å². The molecule has 0 aliphatic carbocycles. The Labute approximate surface area is 123 Å². The summed E-state index contributed by atoms with van der Waals surface area (Å²) in [6.45, 7) is 2.64. The number of hydrogen-bond donors (Lipinski definition) is 2. The lowest BCUT2D eigenvalue weighted by Crippen LogP contribution is -2.10. The average Bonchev–Trinajstić information content (AvgIpc) is 2.84. The molecule has 0 atom stereocenters. The molecule has 0 radical (unpaired) electrons. The van der Waals surface area contributed by atoms with Gasteiger partial charge in [0.05, 0.1) is 5.56 Å². The summed E-state index contributed by atoms with van der Waals surface area (Å²) in [5.41, 5.74) is 1.04. The molecule has 0 saturated heterocycles. The first-order valence-electron chi connectivity index (χ1n) is 6.91. The zero-order valence-corrected chi connectivity index (χ0v) is 12.2. The number of hydrogen-bond acceptors (Lipinski definition) is 5. The number of aromatic nitrogens is 4. The fourth-order valence-corrected chi connectivity index (χ4v) is 1.99. The highest BCUT2D eigenvalue weighted by atomic mass is 16.4. The van der Waals surface area contributed by atoms with Crippen LogP contribution in [0.5, 0.6) is 0 Å². The summed E-state index contributed by atoms with van der Waals surface area (Å²) in [4.78, 5) is 19.7. The Bertz CT molecular complexity index is 624. The first-order valence-corrected chi connectivity index (χ1v) is 6.91. The van der Waals surface area contributed by atoms with Gasteiger partial charge in [-0.3, -0.25) is 4.68 Å². The van der Waals surface area contributed by atoms with Crippen LogP contribution in [-0.2, 0) is 19.9 Å². The Morgan fingerprint density at radius 2 is 2.19 bits per heavy atom. The summed E-state index contributed by atoms with van der Waals surface area (Å²) in [7, 11) is 1.82. The molecule has 0 spiro atoms. The predicted octanol–water partition coefficient (Wildman–Crippen LogP) is 1.52. The Balaban J connectivity index is 2.02. The Morgan fingerprint density at radius 3 is 2.81 bits per heavy atom. The van der Waals surface area contributed by atoms with Crippen molar-refractivity contribution in [1.29, 1.82) is 0 Å². The molecule has 0 fully saturated rings. The quantitative estimate of drug-likeness (QED) is 0.802. The third-order valence-corrected chi connectivity index (χ3v) is 2.93. The molecule has 0 aliphatic rings. The van der Waals surface area contributed by atoms with Gasteiger partial charge in [-0.05, 0) is 18.6 Å². The van der Waals surface area contributed by atoms with Gasteiger partial charge in [0, 0.05) is 25.7 Å². The molecular weight excluding hydrogens is 270 g/mol. The van der Waals surface area contributed by atoms with Crippen LogP contribution >= 0.6 is 0 Å². The molecule has 2 aromatic rings. The van der Waals surface area contributed by atoms with E-state index < -0.39 is 5.97 Å². The fraction of sp³-hybridized carbons (Fsp3) is 0.429. The number of aryl methyl sites for hydroxylation is 2. The van der Waals surface area contributed by atoms with E-state index in [4.69, 9.17) is 5.11 Å². The molecule has 7 heteroatoms. The van der Waals surface area contributed by atoms with Gasteiger partial charge in [-0.25, -0.2) is 14.8 Å². The number of carboxylic acids is 1. The molecule has 2 N–H and O–H groups in total. The van der Waals surface area contributed by atoms with Gasteiger partial charge in [-0.15, -0.1) is 0 Å². The second kappa shape index (κ2) is 6.83. The van der Waals surface area contributed by atoms with Crippen molar-refractivity contribution in [2.24, 2.45) is 7.05 Å². The van der Waals surface area contributed by atoms with Gasteiger partial charge in [-0.1, -0.05) is 13.3 Å². The molecule has 2 heterocycles. The second-order valence-electron chi connectivity index (χ2n) is 4.80. The largest absolute Gasteiger partial charge is 0.478 e. The number of carbonyl (C=O) groups is 1. The minimum Gasteiger partial charge on any atom is -0.478 e. The zero-order valence-electron chi connectivity index (χ0n) is 12.2. The van der Waals surface area contributed by atoms with Crippen molar-refractivity contribution in [1.82, 2.24) is 19.7 Å². The van der Waals surface area contributed by atoms with Crippen LogP contribution in [0.25, 0.3) is 0 Å². The van der Waals surface area contributed by atoms with Crippen molar-refractivity contribution < 1.29 is 9.90 Å². The maximum atomic E-state index is 11.1. The Kier molecular flexibility index (Phi) is 4.86. The van der Waals surface area contributed by atoms with Crippen molar-refractivity contribution in [3.63, 3.8) is 0 Å². The van der Waals surface area contributed by atoms with Crippen LogP contribution in [0.15, 0.2) is 18.5 Å². The number of aromatic carboxylic acids is 1. The highest BCUT2D eigenvalue weighted by molar-refractivity contribution is 5.88. The topological polar surface area (TPSA) is 92.9 Å². The summed E-state index contributed by atoms with van der Waals surface area (Å²) in [5.74, 6) is 0.381. The Morgan fingerprint density at radius 1 is 1.38 bits per heavy atom. The van der Waals surface area contributed by atoms with Crippen LogP contribution in [0.3, 0.4) is 0 Å². The van der Waals surface area contributed by atoms with Crippen LogP contribution in [0, 0.1) is 0 Å². The van der Waals surface area contributed by atoms with E-state index in [2.05, 4.69) is 20.4 Å². The molecule has 2 rings (SSSR count). The number of nitrogens with zero attached hydrogens (tertiary/aromatic N) is 4. The van der Waals surface area contributed by atoms with Gasteiger partial charge in [0.1, 0.15) is 12.1 Å². The SMILES string of the molecule is CCCc1cc(C(=O)O)cc(NCCc2ncn(C)n2)n1. The third kappa shape index (κ3) is 4.27. The van der Waals surface area contributed by atoms with E-state index in [1.54, 1.807) is 23.1 Å². The van der Waals surface area contributed by atoms with E-state index in [1.165, 1.54) is 0 Å². The van der Waals surface area contributed by atoms with Gasteiger partial charge in [0.2, 0.25) is 0 Å². The average molecular weight is 289 g/mol. The summed E-state index contributed by atoms with van der Waals surface area (Å²) < 4.78 is 1.65. The van der Waals surface area contributed by atoms with Crippen LogP contribution in [0.2, 0.25) is 0 Å². The van der Waals surface area contributed by atoms with Gasteiger partial charge in [-0.2, -0.15) is 5.10 Å². The lowest BCUT2D eigenvalue weighted by atomic mass is 10.1. The molecule has 21 heavy (non-hydrogen) atoms. The number of nitrogens with one attached hydrogen (secondary N) is 1. The zero-order chi connectivity index (χ0) is 15.2. The van der Waals surface area contributed by atoms with Crippen molar-refractivity contribution in [2.45, 2.75) is 26.2 Å². The summed E-state index contributed by atoms with van der Waals surface area (Å²) in [6, 6.07) is 3.17. The third-order valence-electron chi connectivity index (χ3n) is 2.93. The van der Waals surface area contributed by atoms with Crippen LogP contribution in [0.4, 0.5) is 5.82 Å². The Hall–Kier alpha value is -2.44. The smallest absolute Gasteiger partial charge is 0.335 e. The number of pyridine rings is 1. The van der Waals surface area contributed by atoms with Crippen molar-refractivity contribution in [2.75, 3.05) is 11.9 Å². The number of rotatable bonds is 7. The molecule has 112 valence electrons. The van der Waals surface area contributed by atoms with E-state index in [-0.39, 0.29) is 5.56 Å². The first kappa shape index (κ1) is 15.0. The number of anilines is 1. The lowest BCUT2D eigenvalue weighted by molar-refractivity contribution is 0.0696. The molecule has 0 bridgehead atoms. The fourth-order valence-electron chi connectivity index (χ4n) is 1.99. The van der Waals surface area contributed by atoms with Crippen LogP contribution in [0.1, 0.15) is 35.2 Å².